The van der Waals surface area contributed by atoms with Gasteiger partial charge in [-0.15, -0.1) is 12.4 Å². The molecule has 0 saturated carbocycles. The Morgan fingerprint density at radius 1 is 1.14 bits per heavy atom. The maximum Gasteiger partial charge on any atom is 0.322 e. The standard InChI is InChI=1S/C16H21N3O.ClH/c20-16(17-14-11-18-8-5-12(14)6-9-18)19-10-7-13-3-1-2-4-15(13)19;/h1-4,12,14H,5-11H2,(H,17,20);1H. The number of para-hydroxylation sites is 1. The van der Waals surface area contributed by atoms with Gasteiger partial charge in [0.1, 0.15) is 0 Å². The molecule has 5 rings (SSSR count). The molecule has 3 fully saturated rings. The van der Waals surface area contributed by atoms with E-state index in [1.165, 1.54) is 31.5 Å². The fraction of sp³-hybridized carbons (Fsp3) is 0.562. The van der Waals surface area contributed by atoms with Crippen LogP contribution in [0, 0.1) is 5.92 Å². The number of nitrogens with one attached hydrogen (secondary N) is 1. The summed E-state index contributed by atoms with van der Waals surface area (Å²) in [7, 11) is 0. The molecule has 4 nitrogen and oxygen atoms in total. The Morgan fingerprint density at radius 2 is 1.90 bits per heavy atom. The molecule has 21 heavy (non-hydrogen) atoms. The Hall–Kier alpha value is -1.26. The lowest BCUT2D eigenvalue weighted by Gasteiger charge is -2.45. The van der Waals surface area contributed by atoms with Crippen molar-refractivity contribution in [2.24, 2.45) is 5.92 Å². The van der Waals surface area contributed by atoms with Gasteiger partial charge in [0, 0.05) is 24.8 Å². The molecular weight excluding hydrogens is 286 g/mol. The second kappa shape index (κ2) is 5.85. The van der Waals surface area contributed by atoms with Gasteiger partial charge in [-0.05, 0) is 49.9 Å². The van der Waals surface area contributed by atoms with Crippen molar-refractivity contribution >= 4 is 24.1 Å². The molecule has 1 aromatic carbocycles. The Bertz CT molecular complexity index is 528. The number of halogens is 1. The highest BCUT2D eigenvalue weighted by molar-refractivity contribution is 5.94. The Morgan fingerprint density at radius 3 is 2.62 bits per heavy atom. The van der Waals surface area contributed by atoms with Gasteiger partial charge in [0.05, 0.1) is 0 Å². The molecule has 3 saturated heterocycles. The van der Waals surface area contributed by atoms with E-state index in [2.05, 4.69) is 22.3 Å². The molecule has 1 N–H and O–H groups in total. The number of urea groups is 1. The van der Waals surface area contributed by atoms with Crippen LogP contribution in [0.2, 0.25) is 0 Å². The van der Waals surface area contributed by atoms with Gasteiger partial charge in [0.15, 0.2) is 0 Å². The highest BCUT2D eigenvalue weighted by Crippen LogP contribution is 2.30. The van der Waals surface area contributed by atoms with E-state index < -0.39 is 0 Å². The minimum absolute atomic E-state index is 0. The zero-order chi connectivity index (χ0) is 13.5. The van der Waals surface area contributed by atoms with Crippen molar-refractivity contribution in [1.29, 1.82) is 0 Å². The molecule has 1 unspecified atom stereocenters. The summed E-state index contributed by atoms with van der Waals surface area (Å²) in [4.78, 5) is 16.9. The number of hydrogen-bond donors (Lipinski definition) is 1. The number of anilines is 1. The van der Waals surface area contributed by atoms with Crippen LogP contribution in [0.3, 0.4) is 0 Å². The monoisotopic (exact) mass is 307 g/mol. The molecule has 4 aliphatic heterocycles. The molecular formula is C16H22ClN3O. The molecule has 4 heterocycles. The van der Waals surface area contributed by atoms with Crippen LogP contribution in [-0.2, 0) is 6.42 Å². The lowest BCUT2D eigenvalue weighted by atomic mass is 9.84. The van der Waals surface area contributed by atoms with Crippen LogP contribution >= 0.6 is 12.4 Å². The average molecular weight is 308 g/mol. The van der Waals surface area contributed by atoms with Gasteiger partial charge in [-0.1, -0.05) is 18.2 Å². The van der Waals surface area contributed by atoms with Crippen LogP contribution in [0.25, 0.3) is 0 Å². The van der Waals surface area contributed by atoms with Gasteiger partial charge in [-0.25, -0.2) is 4.79 Å². The van der Waals surface area contributed by atoms with Gasteiger partial charge in [-0.2, -0.15) is 0 Å². The van der Waals surface area contributed by atoms with Crippen LogP contribution in [0.1, 0.15) is 18.4 Å². The predicted molar refractivity (Wildman–Crippen MR) is 86.2 cm³/mol. The van der Waals surface area contributed by atoms with E-state index in [9.17, 15) is 4.79 Å². The summed E-state index contributed by atoms with van der Waals surface area (Å²) in [6.45, 7) is 4.27. The van der Waals surface area contributed by atoms with E-state index in [1.54, 1.807) is 0 Å². The summed E-state index contributed by atoms with van der Waals surface area (Å²) in [5.41, 5.74) is 2.38. The second-order valence-corrected chi connectivity index (χ2v) is 6.22. The fourth-order valence-electron chi connectivity index (χ4n) is 3.91. The highest BCUT2D eigenvalue weighted by Gasteiger charge is 2.36. The van der Waals surface area contributed by atoms with Gasteiger partial charge in [-0.3, -0.25) is 4.90 Å². The molecule has 0 radical (unpaired) electrons. The van der Waals surface area contributed by atoms with E-state index >= 15 is 0 Å². The number of amides is 2. The van der Waals surface area contributed by atoms with Crippen molar-refractivity contribution < 1.29 is 4.79 Å². The number of carbonyl (C=O) groups is 1. The van der Waals surface area contributed by atoms with Crippen LogP contribution in [0.15, 0.2) is 24.3 Å². The number of piperidine rings is 3. The van der Waals surface area contributed by atoms with Crippen molar-refractivity contribution in [3.8, 4) is 0 Å². The number of rotatable bonds is 1. The number of hydrogen-bond acceptors (Lipinski definition) is 2. The summed E-state index contributed by atoms with van der Waals surface area (Å²) in [6.07, 6.45) is 3.45. The summed E-state index contributed by atoms with van der Waals surface area (Å²) in [5, 5.41) is 3.28. The number of carbonyl (C=O) groups excluding carboxylic acids is 1. The number of nitrogens with zero attached hydrogens (tertiary/aromatic N) is 2. The zero-order valence-corrected chi connectivity index (χ0v) is 12.9. The minimum Gasteiger partial charge on any atom is -0.333 e. The summed E-state index contributed by atoms with van der Waals surface area (Å²) < 4.78 is 0. The highest BCUT2D eigenvalue weighted by atomic mass is 35.5. The maximum absolute atomic E-state index is 12.5. The van der Waals surface area contributed by atoms with E-state index in [1.807, 2.05) is 17.0 Å². The van der Waals surface area contributed by atoms with E-state index in [0.717, 1.165) is 25.2 Å². The Labute approximate surface area is 131 Å². The Balaban J connectivity index is 0.00000132. The topological polar surface area (TPSA) is 35.6 Å². The van der Waals surface area contributed by atoms with Gasteiger partial charge in [0.2, 0.25) is 0 Å². The minimum atomic E-state index is 0. The SMILES string of the molecule is Cl.O=C(NC1CN2CCC1CC2)N1CCc2ccccc21. The molecule has 0 aliphatic carbocycles. The van der Waals surface area contributed by atoms with Crippen molar-refractivity contribution in [3.63, 3.8) is 0 Å². The third-order valence-corrected chi connectivity index (χ3v) is 5.10. The average Bonchev–Trinajstić information content (AvgIpc) is 2.92. The quantitative estimate of drug-likeness (QED) is 0.864. The van der Waals surface area contributed by atoms with E-state index in [4.69, 9.17) is 0 Å². The molecule has 1 aromatic rings. The smallest absolute Gasteiger partial charge is 0.322 e. The van der Waals surface area contributed by atoms with Gasteiger partial charge in [0.25, 0.3) is 0 Å². The molecule has 5 heteroatoms. The van der Waals surface area contributed by atoms with Crippen LogP contribution in [-0.4, -0.2) is 43.2 Å². The van der Waals surface area contributed by atoms with Crippen molar-refractivity contribution in [1.82, 2.24) is 10.2 Å². The van der Waals surface area contributed by atoms with Crippen LogP contribution in [0.4, 0.5) is 10.5 Å². The third-order valence-electron chi connectivity index (χ3n) is 5.10. The molecule has 0 spiro atoms. The first-order chi connectivity index (χ1) is 9.81. The van der Waals surface area contributed by atoms with Crippen molar-refractivity contribution in [2.45, 2.75) is 25.3 Å². The second-order valence-electron chi connectivity index (χ2n) is 6.22. The summed E-state index contributed by atoms with van der Waals surface area (Å²) in [6, 6.07) is 8.67. The van der Waals surface area contributed by atoms with E-state index in [-0.39, 0.29) is 18.4 Å². The van der Waals surface area contributed by atoms with Crippen LogP contribution < -0.4 is 10.2 Å². The third kappa shape index (κ3) is 2.62. The van der Waals surface area contributed by atoms with Crippen molar-refractivity contribution in [2.75, 3.05) is 31.1 Å². The van der Waals surface area contributed by atoms with Crippen molar-refractivity contribution in [3.05, 3.63) is 29.8 Å². The lowest BCUT2D eigenvalue weighted by molar-refractivity contribution is 0.0772. The normalized spacial score (nSPS) is 29.7. The van der Waals surface area contributed by atoms with Gasteiger partial charge < -0.3 is 10.2 Å². The van der Waals surface area contributed by atoms with Crippen LogP contribution in [0.5, 0.6) is 0 Å². The number of fused-ring (bicyclic) bond motifs is 4. The largest absolute Gasteiger partial charge is 0.333 e. The summed E-state index contributed by atoms with van der Waals surface area (Å²) >= 11 is 0. The number of benzene rings is 1. The molecule has 114 valence electrons. The molecule has 4 aliphatic rings. The maximum atomic E-state index is 12.5. The lowest BCUT2D eigenvalue weighted by Crippen LogP contribution is -2.59. The predicted octanol–water partition coefficient (Wildman–Crippen LogP) is 2.27. The first-order valence-corrected chi connectivity index (χ1v) is 7.69. The van der Waals surface area contributed by atoms with Gasteiger partial charge >= 0.3 is 6.03 Å². The molecule has 0 aromatic heterocycles. The molecule has 1 atom stereocenters. The molecule has 2 bridgehead atoms. The molecule has 2 amide bonds. The Kier molecular flexibility index (Phi) is 4.09. The first kappa shape index (κ1) is 14.7. The first-order valence-electron chi connectivity index (χ1n) is 7.69. The zero-order valence-electron chi connectivity index (χ0n) is 12.1. The summed E-state index contributed by atoms with van der Waals surface area (Å²) in [5.74, 6) is 0.682. The fourth-order valence-corrected chi connectivity index (χ4v) is 3.91. The van der Waals surface area contributed by atoms with E-state index in [0.29, 0.717) is 12.0 Å².